The number of rotatable bonds is 0. The molecule has 17 nitrogen and oxygen atoms in total. The van der Waals surface area contributed by atoms with Crippen molar-refractivity contribution in [2.75, 3.05) is 11.9 Å². The van der Waals surface area contributed by atoms with E-state index in [1.165, 1.54) is 43.5 Å². The minimum Gasteiger partial charge on any atom is -0.426 e. The molecule has 14 rings (SSSR count). The van der Waals surface area contributed by atoms with Crippen LogP contribution in [0, 0.1) is 48.5 Å². The number of benzene rings is 7. The standard InChI is InChI=1S/C11H12O.C10H12N2O.C10H11NO.C9H10N2O.C9H9NO2.C9H8O2.C8H8N2O/c1-8-5-6-9-3-2-4-11(12)10(9)7-8;1-7-3-4-8-6-11-10(13)12(2)9(8)5-7;1-7-2-3-8-5-10(12)11-6-9(8)4-7;1-6-3-4-7-8(5-6)11(2)10-9(7)12;1-6-3-4-8-7(5-6)10(2)9(11)12-8;1-6-2-3-7-5-9(10)11-8(7)4-6;1-5-2-3-6-7(4-5)9-10-8(6)11/h5-7H,2-4H2,1H3;3-5H,6H2,1-2H3,(H,11,13);2-4H,5-6H2,1H3,(H,11,12);3-5H,1-2H3,(H,10,12);3-5H,1-2H3;2-4H,5H2,1H3;2-4H,1H3,(H2,9,10,11). The van der Waals surface area contributed by atoms with Crippen LogP contribution in [-0.2, 0) is 56.0 Å². The zero-order valence-electron chi connectivity index (χ0n) is 48.6. The van der Waals surface area contributed by atoms with Gasteiger partial charge in [0.15, 0.2) is 11.4 Å². The van der Waals surface area contributed by atoms with Crippen molar-refractivity contribution in [2.45, 2.75) is 93.7 Å². The van der Waals surface area contributed by atoms with Crippen LogP contribution in [0.4, 0.5) is 10.5 Å². The fourth-order valence-corrected chi connectivity index (χ4v) is 9.79. The smallest absolute Gasteiger partial charge is 0.419 e. The van der Waals surface area contributed by atoms with Crippen LogP contribution in [0.5, 0.6) is 5.75 Å². The molecule has 0 radical (unpaired) electrons. The first kappa shape index (κ1) is 59.4. The monoisotopic (exact) mass is 1120 g/mol. The zero-order chi connectivity index (χ0) is 59.6. The third-order valence-corrected chi connectivity index (χ3v) is 14.4. The fraction of sp³-hybridized carbons (Fsp3) is 0.258. The van der Waals surface area contributed by atoms with Crippen LogP contribution in [0.15, 0.2) is 146 Å². The number of esters is 1. The lowest BCUT2D eigenvalue weighted by Gasteiger charge is -2.26. The molecule has 17 heteroatoms. The molecule has 83 heavy (non-hydrogen) atoms. The van der Waals surface area contributed by atoms with Crippen molar-refractivity contribution in [2.24, 2.45) is 14.1 Å². The van der Waals surface area contributed by atoms with Gasteiger partial charge in [0, 0.05) is 51.8 Å². The molecule has 0 spiro atoms. The lowest BCUT2D eigenvalue weighted by molar-refractivity contribution is -0.131. The number of hydrogen-bond acceptors (Lipinski definition) is 9. The Bertz CT molecular complexity index is 4240. The fourth-order valence-electron chi connectivity index (χ4n) is 9.79. The van der Waals surface area contributed by atoms with Crippen molar-refractivity contribution >= 4 is 62.3 Å². The van der Waals surface area contributed by atoms with E-state index in [2.05, 4.69) is 69.3 Å². The van der Waals surface area contributed by atoms with E-state index < -0.39 is 0 Å². The van der Waals surface area contributed by atoms with Gasteiger partial charge >= 0.3 is 17.8 Å². The number of fused-ring (bicyclic) bond motifs is 7. The van der Waals surface area contributed by atoms with Gasteiger partial charge in [-0.25, -0.2) is 9.59 Å². The molecule has 428 valence electrons. The second-order valence-electron chi connectivity index (χ2n) is 21.3. The van der Waals surface area contributed by atoms with Gasteiger partial charge in [0.25, 0.3) is 11.1 Å². The number of ether oxygens (including phenoxy) is 1. The number of ketones is 1. The summed E-state index contributed by atoms with van der Waals surface area (Å²) in [5.41, 5.74) is 19.2. The Labute approximate surface area is 480 Å². The number of aromatic amines is 3. The molecule has 0 saturated heterocycles. The third kappa shape index (κ3) is 15.0. The van der Waals surface area contributed by atoms with Gasteiger partial charge in [0.05, 0.1) is 45.9 Å². The summed E-state index contributed by atoms with van der Waals surface area (Å²) in [7, 11) is 5.32. The number of H-pyrrole nitrogens is 3. The molecule has 6 heterocycles. The molecule has 0 atom stereocenters. The molecule has 4 aliphatic rings. The highest BCUT2D eigenvalue weighted by molar-refractivity contribution is 5.98. The predicted octanol–water partition coefficient (Wildman–Crippen LogP) is 10.6. The van der Waals surface area contributed by atoms with E-state index in [1.54, 1.807) is 23.7 Å². The molecule has 0 saturated carbocycles. The Morgan fingerprint density at radius 2 is 1.06 bits per heavy atom. The molecule has 0 unspecified atom stereocenters. The van der Waals surface area contributed by atoms with Crippen molar-refractivity contribution in [3.05, 3.63) is 231 Å². The molecule has 3 aliphatic heterocycles. The van der Waals surface area contributed by atoms with E-state index >= 15 is 0 Å². The van der Waals surface area contributed by atoms with E-state index in [0.717, 1.165) is 91.4 Å². The van der Waals surface area contributed by atoms with E-state index in [4.69, 9.17) is 9.15 Å². The number of nitrogens with zero attached hydrogens (tertiary/aromatic N) is 3. The van der Waals surface area contributed by atoms with Crippen molar-refractivity contribution in [1.29, 1.82) is 0 Å². The van der Waals surface area contributed by atoms with Gasteiger partial charge in [0.2, 0.25) is 5.91 Å². The van der Waals surface area contributed by atoms with Gasteiger partial charge < -0.3 is 19.8 Å². The second-order valence-corrected chi connectivity index (χ2v) is 21.3. The number of Topliss-reactive ketones (excluding diaryl/α,β-unsaturated/α-hetero) is 1. The van der Waals surface area contributed by atoms with Crippen LogP contribution < -0.4 is 37.1 Å². The van der Waals surface area contributed by atoms with Gasteiger partial charge in [0.1, 0.15) is 5.75 Å². The summed E-state index contributed by atoms with van der Waals surface area (Å²) < 4.78 is 13.2. The van der Waals surface area contributed by atoms with Gasteiger partial charge in [-0.05, 0) is 166 Å². The van der Waals surface area contributed by atoms with Gasteiger partial charge in [-0.3, -0.25) is 53.4 Å². The van der Waals surface area contributed by atoms with Crippen LogP contribution in [-0.4, -0.2) is 55.3 Å². The maximum atomic E-state index is 11.4. The van der Waals surface area contributed by atoms with Gasteiger partial charge in [-0.2, -0.15) is 0 Å². The number of urea groups is 1. The summed E-state index contributed by atoms with van der Waals surface area (Å²) in [6.07, 6.45) is 3.79. The summed E-state index contributed by atoms with van der Waals surface area (Å²) in [5, 5.41) is 15.1. The minimum absolute atomic E-state index is 0.0208. The molecule has 3 aromatic heterocycles. The first-order chi connectivity index (χ1) is 39.6. The SMILES string of the molecule is Cc1ccc2c(=O)[nH][nH]c2c1.Cc1ccc2c(=O)[nH]n(C)c2c1.Cc1ccc2c(c1)C(=O)CCC2.Cc1ccc2c(c1)CNC(=O)C2.Cc1ccc2c(c1)N(C)C(=O)NC2.Cc1ccc2c(c1)OC(=O)C2.Cc1ccc2oc(=O)n(C)c2c1. The molecule has 0 fully saturated rings. The number of aryl methyl sites for hydroxylation is 10. The Morgan fingerprint density at radius 3 is 1.80 bits per heavy atom. The number of carbonyl (C=O) groups excluding carboxylic acids is 4. The number of amides is 3. The molecule has 5 N–H and O–H groups in total. The summed E-state index contributed by atoms with van der Waals surface area (Å²) >= 11 is 0. The highest BCUT2D eigenvalue weighted by Crippen LogP contribution is 2.27. The number of anilines is 1. The van der Waals surface area contributed by atoms with E-state index in [1.807, 2.05) is 140 Å². The molecule has 0 bridgehead atoms. The molecule has 1 aliphatic carbocycles. The summed E-state index contributed by atoms with van der Waals surface area (Å²) in [4.78, 5) is 79.4. The van der Waals surface area contributed by atoms with Gasteiger partial charge in [-0.15, -0.1) is 0 Å². The average molecular weight is 1120 g/mol. The Morgan fingerprint density at radius 1 is 0.482 bits per heavy atom. The topological polar surface area (TPSA) is 226 Å². The van der Waals surface area contributed by atoms with Crippen molar-refractivity contribution in [3.63, 3.8) is 0 Å². The van der Waals surface area contributed by atoms with Crippen LogP contribution in [0.25, 0.3) is 32.9 Å². The molecular formula is C66H70N8O9. The quantitative estimate of drug-likeness (QED) is 0.0718. The molecule has 10 aromatic rings. The number of carbonyl (C=O) groups is 4. The first-order valence-corrected chi connectivity index (χ1v) is 27.4. The summed E-state index contributed by atoms with van der Waals surface area (Å²) in [6, 6.07) is 41.5. The number of nitrogens with one attached hydrogen (secondary N) is 5. The number of oxazole rings is 1. The Balaban J connectivity index is 0.000000127. The van der Waals surface area contributed by atoms with E-state index in [-0.39, 0.29) is 34.8 Å². The lowest BCUT2D eigenvalue weighted by Crippen LogP contribution is -2.41. The van der Waals surface area contributed by atoms with Crippen LogP contribution >= 0.6 is 0 Å². The normalized spacial score (nSPS) is 13.3. The largest absolute Gasteiger partial charge is 0.426 e. The lowest BCUT2D eigenvalue weighted by atomic mass is 9.90. The van der Waals surface area contributed by atoms with Crippen molar-refractivity contribution in [3.8, 4) is 5.75 Å². The highest BCUT2D eigenvalue weighted by atomic mass is 16.5. The van der Waals surface area contributed by atoms with Crippen LogP contribution in [0.2, 0.25) is 0 Å². The number of aromatic nitrogens is 5. The Kier molecular flexibility index (Phi) is 18.7. The van der Waals surface area contributed by atoms with Crippen molar-refractivity contribution in [1.82, 2.24) is 35.2 Å². The van der Waals surface area contributed by atoms with E-state index in [9.17, 15) is 33.6 Å². The maximum absolute atomic E-state index is 11.4. The zero-order valence-corrected chi connectivity index (χ0v) is 48.6. The second kappa shape index (κ2) is 26.2. The average Bonchev–Trinajstić information content (AvgIpc) is 4.41. The van der Waals surface area contributed by atoms with Crippen LogP contribution in [0.1, 0.15) is 90.0 Å². The van der Waals surface area contributed by atoms with Crippen molar-refractivity contribution < 1.29 is 28.3 Å². The minimum atomic E-state index is -0.310. The van der Waals surface area contributed by atoms with Gasteiger partial charge in [-0.1, -0.05) is 83.9 Å². The highest BCUT2D eigenvalue weighted by Gasteiger charge is 2.21. The number of hydrogen-bond donors (Lipinski definition) is 5. The Hall–Kier alpha value is -9.77. The maximum Gasteiger partial charge on any atom is 0.419 e. The molecule has 7 aromatic carbocycles. The molecule has 3 amide bonds. The molecular weight excluding hydrogens is 1050 g/mol. The predicted molar refractivity (Wildman–Crippen MR) is 326 cm³/mol. The third-order valence-electron chi connectivity index (χ3n) is 14.4. The summed E-state index contributed by atoms with van der Waals surface area (Å²) in [6.45, 7) is 15.4. The van der Waals surface area contributed by atoms with E-state index in [0.29, 0.717) is 37.3 Å². The summed E-state index contributed by atoms with van der Waals surface area (Å²) in [5.74, 6) is 0.725. The van der Waals surface area contributed by atoms with Crippen LogP contribution in [0.3, 0.4) is 0 Å². The first-order valence-electron chi connectivity index (χ1n) is 27.4.